The number of rotatable bonds is 2. The molecule has 1 rings (SSSR count). The van der Waals surface area contributed by atoms with E-state index in [1.807, 2.05) is 0 Å². The van der Waals surface area contributed by atoms with Crippen LogP contribution in [0.2, 0.25) is 0 Å². The molecule has 5 nitrogen and oxygen atoms in total. The number of nitrogens with zero attached hydrogens (tertiary/aromatic N) is 1. The van der Waals surface area contributed by atoms with E-state index in [4.69, 9.17) is 10.5 Å². The van der Waals surface area contributed by atoms with Crippen LogP contribution in [0.4, 0.5) is 0 Å². The molecule has 0 bridgehead atoms. The molecule has 0 aromatic carbocycles. The molecule has 1 aromatic heterocycles. The maximum Gasteiger partial charge on any atom is 0.329 e. The van der Waals surface area contributed by atoms with Crippen LogP contribution in [-0.4, -0.2) is 17.2 Å². The molecule has 0 radical (unpaired) electrons. The first-order chi connectivity index (χ1) is 5.59. The number of ether oxygens (including phenoxy) is 1. The molecule has 12 heavy (non-hydrogen) atoms. The molecule has 0 saturated carbocycles. The van der Waals surface area contributed by atoms with Gasteiger partial charge in [-0.05, 0) is 19.0 Å². The Morgan fingerprint density at radius 3 is 2.92 bits per heavy atom. The van der Waals surface area contributed by atoms with Gasteiger partial charge in [0, 0.05) is 6.07 Å². The van der Waals surface area contributed by atoms with Crippen LogP contribution in [0.1, 0.15) is 12.7 Å². The molecule has 0 fully saturated rings. The summed E-state index contributed by atoms with van der Waals surface area (Å²) in [6.07, 6.45) is 0. The molecule has 1 aromatic rings. The van der Waals surface area contributed by atoms with Gasteiger partial charge >= 0.3 is 5.97 Å². The summed E-state index contributed by atoms with van der Waals surface area (Å²) in [6.45, 7) is 3.24. The highest BCUT2D eigenvalue weighted by molar-refractivity contribution is 5.77. The zero-order valence-electron chi connectivity index (χ0n) is 6.90. The molecule has 0 aliphatic rings. The molecule has 1 unspecified atom stereocenters. The summed E-state index contributed by atoms with van der Waals surface area (Å²) in [5, 5.41) is 3.46. The molecule has 66 valence electrons. The maximum absolute atomic E-state index is 10.9. The van der Waals surface area contributed by atoms with Crippen molar-refractivity contribution < 1.29 is 14.1 Å². The van der Waals surface area contributed by atoms with Crippen molar-refractivity contribution in [2.24, 2.45) is 5.73 Å². The Hall–Kier alpha value is -1.36. The van der Waals surface area contributed by atoms with Gasteiger partial charge in [0.1, 0.15) is 11.8 Å². The van der Waals surface area contributed by atoms with Crippen molar-refractivity contribution >= 4 is 5.97 Å². The van der Waals surface area contributed by atoms with Crippen molar-refractivity contribution in [3.8, 4) is 5.88 Å². The highest BCUT2D eigenvalue weighted by Gasteiger charge is 2.12. The predicted octanol–water partition coefficient (Wildman–Crippen LogP) is 0.236. The number of esters is 1. The minimum absolute atomic E-state index is 0.148. The number of nitrogens with two attached hydrogens (primary N) is 1. The summed E-state index contributed by atoms with van der Waals surface area (Å²) in [4.78, 5) is 10.9. The molecule has 0 aliphatic carbocycles. The molecule has 0 saturated heterocycles. The zero-order chi connectivity index (χ0) is 9.14. The van der Waals surface area contributed by atoms with Gasteiger partial charge in [-0.2, -0.15) is 0 Å². The quantitative estimate of drug-likeness (QED) is 0.643. The Morgan fingerprint density at radius 2 is 2.50 bits per heavy atom. The SMILES string of the molecule is Cc1cc(OC(=O)C(C)N)no1. The Labute approximate surface area is 69.5 Å². The van der Waals surface area contributed by atoms with E-state index in [0.717, 1.165) is 0 Å². The predicted molar refractivity (Wildman–Crippen MR) is 40.5 cm³/mol. The standard InChI is InChI=1S/C7H10N2O3/c1-4-3-6(9-12-4)11-7(10)5(2)8/h3,5H,8H2,1-2H3. The van der Waals surface area contributed by atoms with Gasteiger partial charge in [-0.15, -0.1) is 0 Å². The van der Waals surface area contributed by atoms with E-state index >= 15 is 0 Å². The number of aromatic nitrogens is 1. The summed E-state index contributed by atoms with van der Waals surface area (Å²) in [5.41, 5.74) is 5.26. The number of aryl methyl sites for hydroxylation is 1. The van der Waals surface area contributed by atoms with Crippen LogP contribution in [-0.2, 0) is 4.79 Å². The monoisotopic (exact) mass is 170 g/mol. The largest absolute Gasteiger partial charge is 0.403 e. The lowest BCUT2D eigenvalue weighted by Crippen LogP contribution is -2.30. The number of hydrogen-bond donors (Lipinski definition) is 1. The Balaban J connectivity index is 2.58. The van der Waals surface area contributed by atoms with Crippen molar-refractivity contribution in [1.29, 1.82) is 0 Å². The highest BCUT2D eigenvalue weighted by Crippen LogP contribution is 2.09. The maximum atomic E-state index is 10.9. The fourth-order valence-electron chi connectivity index (χ4n) is 0.588. The smallest absolute Gasteiger partial charge is 0.329 e. The first kappa shape index (κ1) is 8.73. The van der Waals surface area contributed by atoms with Crippen molar-refractivity contribution in [1.82, 2.24) is 5.16 Å². The zero-order valence-corrected chi connectivity index (χ0v) is 6.90. The summed E-state index contributed by atoms with van der Waals surface area (Å²) in [6, 6.07) is 0.863. The van der Waals surface area contributed by atoms with Gasteiger partial charge in [-0.1, -0.05) is 0 Å². The molecule has 0 spiro atoms. The lowest BCUT2D eigenvalue weighted by atomic mass is 10.4. The highest BCUT2D eigenvalue weighted by atomic mass is 16.6. The minimum atomic E-state index is -0.651. The van der Waals surface area contributed by atoms with Crippen LogP contribution in [0.15, 0.2) is 10.6 Å². The van der Waals surface area contributed by atoms with Gasteiger partial charge in [0.15, 0.2) is 0 Å². The Bertz CT molecular complexity index is 280. The van der Waals surface area contributed by atoms with Crippen LogP contribution in [0.25, 0.3) is 0 Å². The van der Waals surface area contributed by atoms with E-state index in [9.17, 15) is 4.79 Å². The third-order valence-corrected chi connectivity index (χ3v) is 1.18. The third-order valence-electron chi connectivity index (χ3n) is 1.18. The van der Waals surface area contributed by atoms with Gasteiger partial charge < -0.3 is 15.0 Å². The second kappa shape index (κ2) is 3.36. The molecule has 2 N–H and O–H groups in total. The van der Waals surface area contributed by atoms with Crippen LogP contribution in [0.3, 0.4) is 0 Å². The topological polar surface area (TPSA) is 78.4 Å². The number of carbonyl (C=O) groups is 1. The van der Waals surface area contributed by atoms with Gasteiger partial charge in [0.05, 0.1) is 0 Å². The van der Waals surface area contributed by atoms with Gasteiger partial charge in [-0.25, -0.2) is 4.79 Å². The van der Waals surface area contributed by atoms with E-state index in [1.165, 1.54) is 13.0 Å². The molecule has 5 heteroatoms. The number of carbonyl (C=O) groups excluding carboxylic acids is 1. The molecule has 0 aliphatic heterocycles. The van der Waals surface area contributed by atoms with Crippen molar-refractivity contribution in [2.45, 2.75) is 19.9 Å². The molecule has 0 amide bonds. The lowest BCUT2D eigenvalue weighted by molar-refractivity contribution is -0.135. The molecular weight excluding hydrogens is 160 g/mol. The van der Waals surface area contributed by atoms with E-state index in [2.05, 4.69) is 9.68 Å². The van der Waals surface area contributed by atoms with Crippen LogP contribution in [0.5, 0.6) is 5.88 Å². The lowest BCUT2D eigenvalue weighted by Gasteiger charge is -2.01. The van der Waals surface area contributed by atoms with Crippen LogP contribution in [0, 0.1) is 6.92 Å². The normalized spacial score (nSPS) is 12.6. The second-order valence-electron chi connectivity index (χ2n) is 2.49. The van der Waals surface area contributed by atoms with Crippen LogP contribution < -0.4 is 10.5 Å². The number of hydrogen-bond acceptors (Lipinski definition) is 5. The summed E-state index contributed by atoms with van der Waals surface area (Å²) < 4.78 is 9.40. The summed E-state index contributed by atoms with van der Waals surface area (Å²) in [7, 11) is 0. The Kier molecular flexibility index (Phi) is 2.44. The fourth-order valence-corrected chi connectivity index (χ4v) is 0.588. The Morgan fingerprint density at radius 1 is 1.83 bits per heavy atom. The summed E-state index contributed by atoms with van der Waals surface area (Å²) >= 11 is 0. The van der Waals surface area contributed by atoms with E-state index in [-0.39, 0.29) is 5.88 Å². The van der Waals surface area contributed by atoms with E-state index < -0.39 is 12.0 Å². The fraction of sp³-hybridized carbons (Fsp3) is 0.429. The average molecular weight is 170 g/mol. The van der Waals surface area contributed by atoms with Gasteiger partial charge in [0.2, 0.25) is 0 Å². The molecule has 1 atom stereocenters. The minimum Gasteiger partial charge on any atom is -0.403 e. The van der Waals surface area contributed by atoms with E-state index in [0.29, 0.717) is 5.76 Å². The second-order valence-corrected chi connectivity index (χ2v) is 2.49. The molecule has 1 heterocycles. The van der Waals surface area contributed by atoms with Crippen molar-refractivity contribution in [2.75, 3.05) is 0 Å². The van der Waals surface area contributed by atoms with Gasteiger partial charge in [-0.3, -0.25) is 0 Å². The van der Waals surface area contributed by atoms with Crippen molar-refractivity contribution in [3.63, 3.8) is 0 Å². The first-order valence-corrected chi connectivity index (χ1v) is 3.50. The first-order valence-electron chi connectivity index (χ1n) is 3.50. The van der Waals surface area contributed by atoms with E-state index in [1.54, 1.807) is 6.92 Å². The third kappa shape index (κ3) is 2.06. The summed E-state index contributed by atoms with van der Waals surface area (Å²) in [5.74, 6) is 0.209. The molecular formula is C7H10N2O3. The average Bonchev–Trinajstić information content (AvgIpc) is 2.35. The van der Waals surface area contributed by atoms with Crippen LogP contribution >= 0.6 is 0 Å². The van der Waals surface area contributed by atoms with Gasteiger partial charge in [0.25, 0.3) is 5.88 Å². The van der Waals surface area contributed by atoms with Crippen molar-refractivity contribution in [3.05, 3.63) is 11.8 Å².